The van der Waals surface area contributed by atoms with Gasteiger partial charge in [0.2, 0.25) is 0 Å². The maximum atomic E-state index is 11.8. The first kappa shape index (κ1) is 17.2. The molecule has 28 heavy (non-hydrogen) atoms. The van der Waals surface area contributed by atoms with Crippen molar-refractivity contribution in [2.75, 3.05) is 20.8 Å². The fourth-order valence-electron chi connectivity index (χ4n) is 4.55. The topological polar surface area (TPSA) is 69.0 Å². The summed E-state index contributed by atoms with van der Waals surface area (Å²) in [6, 6.07) is 10.5. The van der Waals surface area contributed by atoms with E-state index in [0.29, 0.717) is 12.6 Å². The van der Waals surface area contributed by atoms with Crippen LogP contribution in [-0.4, -0.2) is 52.3 Å². The van der Waals surface area contributed by atoms with E-state index in [0.717, 1.165) is 41.9 Å². The van der Waals surface area contributed by atoms with Gasteiger partial charge >= 0.3 is 5.97 Å². The van der Waals surface area contributed by atoms with Gasteiger partial charge in [-0.05, 0) is 37.1 Å². The molecule has 7 nitrogen and oxygen atoms in total. The van der Waals surface area contributed by atoms with Crippen LogP contribution in [0, 0.1) is 0 Å². The van der Waals surface area contributed by atoms with Crippen LogP contribution in [0.2, 0.25) is 0 Å². The van der Waals surface area contributed by atoms with Crippen LogP contribution in [-0.2, 0) is 16.0 Å². The minimum atomic E-state index is -0.185. The minimum Gasteiger partial charge on any atom is -0.497 e. The number of esters is 1. The lowest BCUT2D eigenvalue weighted by molar-refractivity contribution is -0.142. The van der Waals surface area contributed by atoms with Crippen molar-refractivity contribution in [1.82, 2.24) is 19.5 Å². The Bertz CT molecular complexity index is 1040. The Morgan fingerprint density at radius 1 is 1.21 bits per heavy atom. The number of nitrogens with zero attached hydrogens (tertiary/aromatic N) is 4. The van der Waals surface area contributed by atoms with Crippen LogP contribution >= 0.6 is 0 Å². The molecule has 2 aliphatic heterocycles. The van der Waals surface area contributed by atoms with Gasteiger partial charge in [0.25, 0.3) is 0 Å². The van der Waals surface area contributed by atoms with Crippen molar-refractivity contribution < 1.29 is 14.3 Å². The smallest absolute Gasteiger partial charge is 0.319 e. The SMILES string of the molecule is COC(=O)CN1[C@H]2CC[C@H]1c1cnc3cc(-c4ccc(OC)cc4)nn3c1C2. The molecule has 2 atom stereocenters. The van der Waals surface area contributed by atoms with Crippen molar-refractivity contribution in [3.8, 4) is 17.0 Å². The van der Waals surface area contributed by atoms with Gasteiger partial charge in [0.1, 0.15) is 5.75 Å². The highest BCUT2D eigenvalue weighted by Gasteiger charge is 2.42. The number of rotatable bonds is 4. The van der Waals surface area contributed by atoms with Gasteiger partial charge in [0, 0.05) is 41.9 Å². The first-order chi connectivity index (χ1) is 13.7. The normalized spacial score (nSPS) is 20.9. The third kappa shape index (κ3) is 2.65. The summed E-state index contributed by atoms with van der Waals surface area (Å²) in [6.45, 7) is 0.333. The van der Waals surface area contributed by atoms with Crippen molar-refractivity contribution in [1.29, 1.82) is 0 Å². The number of carbonyl (C=O) groups is 1. The molecule has 0 amide bonds. The highest BCUT2D eigenvalue weighted by atomic mass is 16.5. The second-order valence-electron chi connectivity index (χ2n) is 7.39. The van der Waals surface area contributed by atoms with E-state index in [-0.39, 0.29) is 12.0 Å². The van der Waals surface area contributed by atoms with Crippen molar-refractivity contribution >= 4 is 11.6 Å². The number of carbonyl (C=O) groups excluding carboxylic acids is 1. The minimum absolute atomic E-state index is 0.185. The van der Waals surface area contributed by atoms with Crippen molar-refractivity contribution in [3.63, 3.8) is 0 Å². The molecule has 0 N–H and O–H groups in total. The number of benzene rings is 1. The number of methoxy groups -OCH3 is 2. The van der Waals surface area contributed by atoms with E-state index < -0.39 is 0 Å². The summed E-state index contributed by atoms with van der Waals surface area (Å²) in [6.07, 6.45) is 4.94. The quantitative estimate of drug-likeness (QED) is 0.650. The Morgan fingerprint density at radius 2 is 2.04 bits per heavy atom. The summed E-state index contributed by atoms with van der Waals surface area (Å²) in [4.78, 5) is 18.7. The Kier molecular flexibility index (Phi) is 4.05. The van der Waals surface area contributed by atoms with Gasteiger partial charge < -0.3 is 9.47 Å². The average molecular weight is 378 g/mol. The molecule has 0 spiro atoms. The number of ether oxygens (including phenoxy) is 2. The molecule has 1 saturated heterocycles. The zero-order valence-corrected chi connectivity index (χ0v) is 16.0. The molecular weight excluding hydrogens is 356 g/mol. The molecule has 2 aromatic heterocycles. The molecule has 4 heterocycles. The van der Waals surface area contributed by atoms with E-state index in [4.69, 9.17) is 14.6 Å². The maximum Gasteiger partial charge on any atom is 0.319 e. The molecule has 144 valence electrons. The van der Waals surface area contributed by atoms with Crippen molar-refractivity contribution in [3.05, 3.63) is 47.8 Å². The third-order valence-electron chi connectivity index (χ3n) is 5.97. The molecule has 1 fully saturated rings. The molecule has 0 radical (unpaired) electrons. The summed E-state index contributed by atoms with van der Waals surface area (Å²) in [7, 11) is 3.10. The maximum absolute atomic E-state index is 11.8. The van der Waals surface area contributed by atoms with Crippen molar-refractivity contribution in [2.24, 2.45) is 0 Å². The molecule has 0 unspecified atom stereocenters. The summed E-state index contributed by atoms with van der Waals surface area (Å²) in [5.74, 6) is 0.639. The standard InChI is InChI=1S/C21H22N4O3/c1-27-15-6-3-13(4-7-15)17-10-20-22-11-16-18-8-5-14(9-19(16)25(20)23-17)24(18)12-21(26)28-2/h3-4,6-7,10-11,14,18H,5,8-9,12H2,1-2H3/t14-,18-/m0/s1. The summed E-state index contributed by atoms with van der Waals surface area (Å²) in [5, 5.41) is 4.85. The zero-order chi connectivity index (χ0) is 19.3. The van der Waals surface area contributed by atoms with Gasteiger partial charge in [0.05, 0.1) is 32.2 Å². The molecular formula is C21H22N4O3. The van der Waals surface area contributed by atoms with Gasteiger partial charge in [0.15, 0.2) is 5.65 Å². The van der Waals surface area contributed by atoms with Gasteiger partial charge in [-0.3, -0.25) is 9.69 Å². The third-order valence-corrected chi connectivity index (χ3v) is 5.97. The molecule has 5 rings (SSSR count). The highest BCUT2D eigenvalue weighted by molar-refractivity contribution is 5.72. The van der Waals surface area contributed by atoms with Crippen LogP contribution in [0.5, 0.6) is 5.75 Å². The molecule has 2 bridgehead atoms. The van der Waals surface area contributed by atoms with Crippen LogP contribution in [0.1, 0.15) is 30.1 Å². The predicted octanol–water partition coefficient (Wildman–Crippen LogP) is 2.64. The van der Waals surface area contributed by atoms with Gasteiger partial charge in [-0.25, -0.2) is 9.50 Å². The van der Waals surface area contributed by atoms with E-state index >= 15 is 0 Å². The predicted molar refractivity (Wildman–Crippen MR) is 103 cm³/mol. The number of fused-ring (bicyclic) bond motifs is 6. The van der Waals surface area contributed by atoms with Gasteiger partial charge in [-0.1, -0.05) is 0 Å². The molecule has 3 aromatic rings. The van der Waals surface area contributed by atoms with Crippen LogP contribution in [0.3, 0.4) is 0 Å². The van der Waals surface area contributed by atoms with Crippen LogP contribution in [0.4, 0.5) is 0 Å². The molecule has 7 heteroatoms. The fourth-order valence-corrected chi connectivity index (χ4v) is 4.55. The van der Waals surface area contributed by atoms with E-state index in [2.05, 4.69) is 9.88 Å². The number of hydrogen-bond donors (Lipinski definition) is 0. The second kappa shape index (κ2) is 6.60. The zero-order valence-electron chi connectivity index (χ0n) is 16.0. The Hall–Kier alpha value is -2.93. The van der Waals surface area contributed by atoms with Crippen LogP contribution in [0.15, 0.2) is 36.5 Å². The molecule has 0 aliphatic carbocycles. The lowest BCUT2D eigenvalue weighted by Gasteiger charge is -2.35. The summed E-state index contributed by atoms with van der Waals surface area (Å²) < 4.78 is 12.1. The Balaban J connectivity index is 1.53. The fraction of sp³-hybridized carbons (Fsp3) is 0.381. The van der Waals surface area contributed by atoms with Crippen LogP contribution < -0.4 is 4.74 Å². The summed E-state index contributed by atoms with van der Waals surface area (Å²) in [5.41, 5.74) is 5.16. The molecule has 2 aliphatic rings. The molecule has 0 saturated carbocycles. The monoisotopic (exact) mass is 378 g/mol. The van der Waals surface area contributed by atoms with Crippen LogP contribution in [0.25, 0.3) is 16.9 Å². The van der Waals surface area contributed by atoms with E-state index in [1.807, 2.05) is 41.0 Å². The van der Waals surface area contributed by atoms with Crippen molar-refractivity contribution in [2.45, 2.75) is 31.3 Å². The van der Waals surface area contributed by atoms with E-state index in [1.54, 1.807) is 7.11 Å². The van der Waals surface area contributed by atoms with E-state index in [9.17, 15) is 4.79 Å². The van der Waals surface area contributed by atoms with Gasteiger partial charge in [-0.15, -0.1) is 0 Å². The first-order valence-electron chi connectivity index (χ1n) is 9.52. The second-order valence-corrected chi connectivity index (χ2v) is 7.39. The number of hydrogen-bond acceptors (Lipinski definition) is 6. The first-order valence-corrected chi connectivity index (χ1v) is 9.52. The Labute approximate surface area is 162 Å². The Morgan fingerprint density at radius 3 is 2.79 bits per heavy atom. The lowest BCUT2D eigenvalue weighted by atomic mass is 9.99. The van der Waals surface area contributed by atoms with Gasteiger partial charge in [-0.2, -0.15) is 5.10 Å². The summed E-state index contributed by atoms with van der Waals surface area (Å²) >= 11 is 0. The average Bonchev–Trinajstić information content (AvgIpc) is 3.28. The van der Waals surface area contributed by atoms with E-state index in [1.165, 1.54) is 18.4 Å². The highest BCUT2D eigenvalue weighted by Crippen LogP contribution is 2.43. The lowest BCUT2D eigenvalue weighted by Crippen LogP contribution is -2.41. The largest absolute Gasteiger partial charge is 0.497 e. The molecule has 1 aromatic carbocycles. The number of aromatic nitrogens is 3.